The van der Waals surface area contributed by atoms with Gasteiger partial charge in [-0.1, -0.05) is 12.2 Å². The normalized spacial score (nSPS) is 24.9. The zero-order chi connectivity index (χ0) is 13.7. The van der Waals surface area contributed by atoms with Crippen LogP contribution in [0.15, 0.2) is 12.2 Å². The third-order valence-electron chi connectivity index (χ3n) is 3.05. The van der Waals surface area contributed by atoms with Gasteiger partial charge in [0.1, 0.15) is 0 Å². The van der Waals surface area contributed by atoms with Gasteiger partial charge >= 0.3 is 0 Å². The Morgan fingerprint density at radius 2 is 1.94 bits per heavy atom. The van der Waals surface area contributed by atoms with Crippen LogP contribution in [0.3, 0.4) is 0 Å². The molecular formula is C14H26N2O2. The number of ether oxygens (including phenoxy) is 1. The third kappa shape index (κ3) is 4.78. The molecule has 1 amide bonds. The summed E-state index contributed by atoms with van der Waals surface area (Å²) in [7, 11) is 0. The smallest absolute Gasteiger partial charge is 0.237 e. The van der Waals surface area contributed by atoms with E-state index in [1.807, 2.05) is 18.7 Å². The Bertz CT molecular complexity index is 294. The molecule has 18 heavy (non-hydrogen) atoms. The van der Waals surface area contributed by atoms with Gasteiger partial charge in [0.05, 0.1) is 18.8 Å². The molecule has 4 heteroatoms. The van der Waals surface area contributed by atoms with Crippen molar-refractivity contribution in [3.05, 3.63) is 12.2 Å². The molecule has 0 bridgehead atoms. The zero-order valence-corrected chi connectivity index (χ0v) is 12.1. The summed E-state index contributed by atoms with van der Waals surface area (Å²) in [5, 5.41) is 0. The zero-order valence-electron chi connectivity index (χ0n) is 12.1. The Hall–Kier alpha value is -0.870. The fourth-order valence-corrected chi connectivity index (χ4v) is 2.41. The van der Waals surface area contributed by atoms with Gasteiger partial charge in [0.15, 0.2) is 0 Å². The van der Waals surface area contributed by atoms with Gasteiger partial charge in [-0.15, -0.1) is 0 Å². The minimum Gasteiger partial charge on any atom is -0.373 e. The molecule has 0 aromatic heterocycles. The van der Waals surface area contributed by atoms with Crippen molar-refractivity contribution in [1.29, 1.82) is 0 Å². The number of nitrogens with zero attached hydrogens (tertiary/aromatic N) is 2. The van der Waals surface area contributed by atoms with Crippen LogP contribution in [0, 0.1) is 0 Å². The summed E-state index contributed by atoms with van der Waals surface area (Å²) in [6, 6.07) is 0. The van der Waals surface area contributed by atoms with Crippen molar-refractivity contribution in [3.8, 4) is 0 Å². The van der Waals surface area contributed by atoms with E-state index in [1.54, 1.807) is 0 Å². The fraction of sp³-hybridized carbons (Fsp3) is 0.786. The molecule has 2 unspecified atom stereocenters. The van der Waals surface area contributed by atoms with Crippen molar-refractivity contribution < 1.29 is 9.53 Å². The first kappa shape index (κ1) is 15.2. The Balaban J connectivity index is 2.49. The van der Waals surface area contributed by atoms with Crippen LogP contribution in [0.1, 0.15) is 27.7 Å². The molecule has 0 N–H and O–H groups in total. The van der Waals surface area contributed by atoms with Crippen molar-refractivity contribution in [2.45, 2.75) is 39.9 Å². The lowest BCUT2D eigenvalue weighted by atomic mass is 10.2. The highest BCUT2D eigenvalue weighted by Gasteiger charge is 2.25. The van der Waals surface area contributed by atoms with E-state index in [2.05, 4.69) is 25.3 Å². The summed E-state index contributed by atoms with van der Waals surface area (Å²) in [4.78, 5) is 16.2. The summed E-state index contributed by atoms with van der Waals surface area (Å²) in [5.41, 5.74) is 1.02. The molecule has 0 aliphatic carbocycles. The van der Waals surface area contributed by atoms with Crippen LogP contribution < -0.4 is 0 Å². The van der Waals surface area contributed by atoms with Gasteiger partial charge in [0.25, 0.3) is 0 Å². The predicted octanol–water partition coefficient (Wildman–Crippen LogP) is 1.52. The SMILES string of the molecule is C=C(C)CN(CC)C(=O)CN1CC(C)OC(C)C1. The van der Waals surface area contributed by atoms with Crippen LogP contribution in [-0.4, -0.2) is 60.6 Å². The Morgan fingerprint density at radius 1 is 1.39 bits per heavy atom. The second-order valence-electron chi connectivity index (χ2n) is 5.32. The molecule has 1 heterocycles. The van der Waals surface area contributed by atoms with E-state index in [0.717, 1.165) is 25.2 Å². The quantitative estimate of drug-likeness (QED) is 0.697. The summed E-state index contributed by atoms with van der Waals surface area (Å²) in [6.07, 6.45) is 0.413. The Labute approximate surface area is 111 Å². The lowest BCUT2D eigenvalue weighted by Gasteiger charge is -2.35. The summed E-state index contributed by atoms with van der Waals surface area (Å²) >= 11 is 0. The average molecular weight is 254 g/mol. The van der Waals surface area contributed by atoms with Gasteiger partial charge in [-0.05, 0) is 27.7 Å². The number of carbonyl (C=O) groups is 1. The monoisotopic (exact) mass is 254 g/mol. The molecule has 0 saturated carbocycles. The maximum atomic E-state index is 12.2. The number of hydrogen-bond donors (Lipinski definition) is 0. The molecule has 0 aromatic carbocycles. The van der Waals surface area contributed by atoms with E-state index < -0.39 is 0 Å². The van der Waals surface area contributed by atoms with Gasteiger partial charge in [0, 0.05) is 26.2 Å². The van der Waals surface area contributed by atoms with Gasteiger partial charge in [-0.25, -0.2) is 0 Å². The van der Waals surface area contributed by atoms with Crippen LogP contribution in [0.5, 0.6) is 0 Å². The van der Waals surface area contributed by atoms with Crippen molar-refractivity contribution in [1.82, 2.24) is 9.80 Å². The van der Waals surface area contributed by atoms with Gasteiger partial charge in [-0.2, -0.15) is 0 Å². The first-order valence-corrected chi connectivity index (χ1v) is 6.72. The number of amides is 1. The Kier molecular flexibility index (Phi) is 5.82. The number of morpholine rings is 1. The van der Waals surface area contributed by atoms with E-state index in [0.29, 0.717) is 13.1 Å². The molecule has 1 fully saturated rings. The van der Waals surface area contributed by atoms with Crippen LogP contribution in [0.4, 0.5) is 0 Å². The van der Waals surface area contributed by atoms with E-state index in [9.17, 15) is 4.79 Å². The third-order valence-corrected chi connectivity index (χ3v) is 3.05. The van der Waals surface area contributed by atoms with Crippen LogP contribution in [0.25, 0.3) is 0 Å². The summed E-state index contributed by atoms with van der Waals surface area (Å²) in [6.45, 7) is 15.5. The van der Waals surface area contributed by atoms with Crippen LogP contribution >= 0.6 is 0 Å². The molecule has 1 saturated heterocycles. The molecule has 0 aromatic rings. The minimum atomic E-state index is 0.182. The lowest BCUT2D eigenvalue weighted by Crippen LogP contribution is -2.50. The Morgan fingerprint density at radius 3 is 2.39 bits per heavy atom. The van der Waals surface area contributed by atoms with E-state index in [1.165, 1.54) is 0 Å². The molecule has 0 radical (unpaired) electrons. The summed E-state index contributed by atoms with van der Waals surface area (Å²) < 4.78 is 5.67. The van der Waals surface area contributed by atoms with Crippen molar-refractivity contribution in [2.24, 2.45) is 0 Å². The van der Waals surface area contributed by atoms with Crippen molar-refractivity contribution in [2.75, 3.05) is 32.7 Å². The number of rotatable bonds is 5. The molecular weight excluding hydrogens is 228 g/mol. The maximum absolute atomic E-state index is 12.2. The molecule has 4 nitrogen and oxygen atoms in total. The minimum absolute atomic E-state index is 0.182. The average Bonchev–Trinajstić information content (AvgIpc) is 2.23. The lowest BCUT2D eigenvalue weighted by molar-refractivity contribution is -0.135. The molecule has 2 atom stereocenters. The van der Waals surface area contributed by atoms with Gasteiger partial charge in [0.2, 0.25) is 5.91 Å². The highest BCUT2D eigenvalue weighted by molar-refractivity contribution is 5.78. The second-order valence-corrected chi connectivity index (χ2v) is 5.32. The first-order chi connectivity index (χ1) is 8.42. The largest absolute Gasteiger partial charge is 0.373 e. The molecule has 0 spiro atoms. The number of hydrogen-bond acceptors (Lipinski definition) is 3. The first-order valence-electron chi connectivity index (χ1n) is 6.72. The molecule has 1 aliphatic rings. The van der Waals surface area contributed by atoms with E-state index >= 15 is 0 Å². The standard InChI is InChI=1S/C14H26N2O2/c1-6-16(7-11(2)3)14(17)10-15-8-12(4)18-13(5)9-15/h12-13H,2,6-10H2,1,3-5H3. The van der Waals surface area contributed by atoms with Gasteiger partial charge in [-0.3, -0.25) is 9.69 Å². The predicted molar refractivity (Wildman–Crippen MR) is 73.5 cm³/mol. The number of likely N-dealkylation sites (N-methyl/N-ethyl adjacent to an activating group) is 1. The highest BCUT2D eigenvalue weighted by Crippen LogP contribution is 2.10. The fourth-order valence-electron chi connectivity index (χ4n) is 2.41. The van der Waals surface area contributed by atoms with Crippen LogP contribution in [0.2, 0.25) is 0 Å². The van der Waals surface area contributed by atoms with Crippen molar-refractivity contribution >= 4 is 5.91 Å². The van der Waals surface area contributed by atoms with E-state index in [-0.39, 0.29) is 18.1 Å². The second kappa shape index (κ2) is 6.90. The summed E-state index contributed by atoms with van der Waals surface area (Å²) in [5.74, 6) is 0.182. The highest BCUT2D eigenvalue weighted by atomic mass is 16.5. The van der Waals surface area contributed by atoms with E-state index in [4.69, 9.17) is 4.74 Å². The number of carbonyl (C=O) groups excluding carboxylic acids is 1. The molecule has 104 valence electrons. The maximum Gasteiger partial charge on any atom is 0.237 e. The molecule has 1 aliphatic heterocycles. The topological polar surface area (TPSA) is 32.8 Å². The van der Waals surface area contributed by atoms with Crippen molar-refractivity contribution in [3.63, 3.8) is 0 Å². The molecule has 1 rings (SSSR count). The van der Waals surface area contributed by atoms with Gasteiger partial charge < -0.3 is 9.64 Å². The van der Waals surface area contributed by atoms with Crippen LogP contribution in [-0.2, 0) is 9.53 Å².